The number of rotatable bonds is 1. The molecule has 20 heavy (non-hydrogen) atoms. The standard InChI is InChI=1S/C19H21N/c1-14(2)20-12-11-19(13-20)17-9-5-3-7-15(17)16-8-4-6-10-18(16)19/h3-10,14H,11-13H2,1-2H3. The molecule has 2 aromatic carbocycles. The van der Waals surface area contributed by atoms with E-state index in [1.807, 2.05) is 0 Å². The molecule has 1 nitrogen and oxygen atoms in total. The summed E-state index contributed by atoms with van der Waals surface area (Å²) in [5.41, 5.74) is 6.23. The van der Waals surface area contributed by atoms with Crippen molar-refractivity contribution in [3.8, 4) is 11.1 Å². The first-order chi connectivity index (χ1) is 9.72. The first-order valence-corrected chi connectivity index (χ1v) is 7.66. The van der Waals surface area contributed by atoms with Gasteiger partial charge >= 0.3 is 0 Å². The molecule has 2 aromatic rings. The molecule has 1 aliphatic carbocycles. The van der Waals surface area contributed by atoms with E-state index in [0.29, 0.717) is 6.04 Å². The lowest BCUT2D eigenvalue weighted by Gasteiger charge is -2.28. The molecule has 1 fully saturated rings. The van der Waals surface area contributed by atoms with Gasteiger partial charge in [-0.2, -0.15) is 0 Å². The zero-order chi connectivity index (χ0) is 13.7. The Morgan fingerprint density at radius 3 is 1.95 bits per heavy atom. The second kappa shape index (κ2) is 4.20. The van der Waals surface area contributed by atoms with Gasteiger partial charge in [0.05, 0.1) is 0 Å². The van der Waals surface area contributed by atoms with Crippen molar-refractivity contribution >= 4 is 0 Å². The van der Waals surface area contributed by atoms with Gasteiger partial charge in [-0.3, -0.25) is 4.90 Å². The number of likely N-dealkylation sites (tertiary alicyclic amines) is 1. The van der Waals surface area contributed by atoms with Crippen LogP contribution in [-0.2, 0) is 5.41 Å². The van der Waals surface area contributed by atoms with Crippen LogP contribution < -0.4 is 0 Å². The summed E-state index contributed by atoms with van der Waals surface area (Å²) < 4.78 is 0. The van der Waals surface area contributed by atoms with Crippen LogP contribution in [0.5, 0.6) is 0 Å². The Bertz CT molecular complexity index is 611. The van der Waals surface area contributed by atoms with Crippen LogP contribution in [0.1, 0.15) is 31.4 Å². The SMILES string of the molecule is CC(C)N1CCC2(C1)c1ccccc1-c1ccccc12. The Balaban J connectivity index is 1.92. The van der Waals surface area contributed by atoms with Gasteiger partial charge in [0.15, 0.2) is 0 Å². The van der Waals surface area contributed by atoms with Crippen molar-refractivity contribution in [1.82, 2.24) is 4.90 Å². The molecular weight excluding hydrogens is 242 g/mol. The minimum Gasteiger partial charge on any atom is -0.300 e. The van der Waals surface area contributed by atoms with E-state index in [4.69, 9.17) is 0 Å². The Kier molecular flexibility index (Phi) is 2.55. The molecule has 102 valence electrons. The van der Waals surface area contributed by atoms with Crippen LogP contribution in [0.4, 0.5) is 0 Å². The average Bonchev–Trinajstić information content (AvgIpc) is 3.04. The molecule has 0 N–H and O–H groups in total. The van der Waals surface area contributed by atoms with E-state index in [0.717, 1.165) is 0 Å². The van der Waals surface area contributed by atoms with Crippen LogP contribution in [0.3, 0.4) is 0 Å². The summed E-state index contributed by atoms with van der Waals surface area (Å²) in [6.07, 6.45) is 1.25. The van der Waals surface area contributed by atoms with Gasteiger partial charge < -0.3 is 0 Å². The summed E-state index contributed by atoms with van der Waals surface area (Å²) in [6.45, 7) is 7.00. The van der Waals surface area contributed by atoms with Crippen LogP contribution in [0.25, 0.3) is 11.1 Å². The van der Waals surface area contributed by atoms with Gasteiger partial charge in [0.1, 0.15) is 0 Å². The molecule has 0 bridgehead atoms. The van der Waals surface area contributed by atoms with Crippen molar-refractivity contribution in [1.29, 1.82) is 0 Å². The van der Waals surface area contributed by atoms with E-state index in [9.17, 15) is 0 Å². The van der Waals surface area contributed by atoms with E-state index < -0.39 is 0 Å². The summed E-state index contributed by atoms with van der Waals surface area (Å²) in [7, 11) is 0. The molecule has 0 radical (unpaired) electrons. The van der Waals surface area contributed by atoms with Crippen molar-refractivity contribution < 1.29 is 0 Å². The van der Waals surface area contributed by atoms with Crippen LogP contribution in [0, 0.1) is 0 Å². The molecule has 0 aromatic heterocycles. The van der Waals surface area contributed by atoms with Crippen molar-refractivity contribution in [2.75, 3.05) is 13.1 Å². The fourth-order valence-corrected chi connectivity index (χ4v) is 4.14. The highest BCUT2D eigenvalue weighted by Crippen LogP contribution is 2.53. The lowest BCUT2D eigenvalue weighted by Crippen LogP contribution is -2.34. The Morgan fingerprint density at radius 2 is 1.45 bits per heavy atom. The van der Waals surface area contributed by atoms with Crippen LogP contribution in [0.15, 0.2) is 48.5 Å². The molecule has 0 saturated carbocycles. The zero-order valence-corrected chi connectivity index (χ0v) is 12.3. The second-order valence-electron chi connectivity index (χ2n) is 6.49. The monoisotopic (exact) mass is 263 g/mol. The summed E-state index contributed by atoms with van der Waals surface area (Å²) in [5.74, 6) is 0. The maximum atomic E-state index is 2.62. The van der Waals surface area contributed by atoms with E-state index in [1.165, 1.54) is 30.6 Å². The lowest BCUT2D eigenvalue weighted by atomic mass is 9.77. The molecule has 1 spiro atoms. The minimum absolute atomic E-state index is 0.234. The molecule has 0 unspecified atom stereocenters. The lowest BCUT2D eigenvalue weighted by molar-refractivity contribution is 0.264. The third kappa shape index (κ3) is 1.47. The highest BCUT2D eigenvalue weighted by molar-refractivity contribution is 5.81. The zero-order valence-electron chi connectivity index (χ0n) is 12.3. The minimum atomic E-state index is 0.234. The van der Waals surface area contributed by atoms with Gasteiger partial charge in [-0.15, -0.1) is 0 Å². The first-order valence-electron chi connectivity index (χ1n) is 7.66. The third-order valence-corrected chi connectivity index (χ3v) is 5.20. The quantitative estimate of drug-likeness (QED) is 0.749. The van der Waals surface area contributed by atoms with E-state index >= 15 is 0 Å². The second-order valence-corrected chi connectivity index (χ2v) is 6.49. The summed E-state index contributed by atoms with van der Waals surface area (Å²) in [5, 5.41) is 0. The number of benzene rings is 2. The molecular formula is C19H21N. The first kappa shape index (κ1) is 12.2. The number of hydrogen-bond acceptors (Lipinski definition) is 1. The van der Waals surface area contributed by atoms with Crippen LogP contribution in [0.2, 0.25) is 0 Å². The van der Waals surface area contributed by atoms with Gasteiger partial charge in [0.25, 0.3) is 0 Å². The molecule has 0 atom stereocenters. The van der Waals surface area contributed by atoms with Crippen molar-refractivity contribution in [2.45, 2.75) is 31.7 Å². The third-order valence-electron chi connectivity index (χ3n) is 5.20. The molecule has 4 rings (SSSR count). The number of fused-ring (bicyclic) bond motifs is 5. The normalized spacial score (nSPS) is 19.6. The molecule has 1 heteroatoms. The highest BCUT2D eigenvalue weighted by Gasteiger charge is 2.47. The smallest absolute Gasteiger partial charge is 0.0354 e. The fourth-order valence-electron chi connectivity index (χ4n) is 4.14. The van der Waals surface area contributed by atoms with Gasteiger partial charge in [-0.05, 0) is 49.1 Å². The maximum Gasteiger partial charge on any atom is 0.0354 e. The summed E-state index contributed by atoms with van der Waals surface area (Å²) >= 11 is 0. The Labute approximate surface area is 121 Å². The van der Waals surface area contributed by atoms with E-state index in [-0.39, 0.29) is 5.41 Å². The fraction of sp³-hybridized carbons (Fsp3) is 0.368. The highest BCUT2D eigenvalue weighted by atomic mass is 15.2. The predicted molar refractivity (Wildman–Crippen MR) is 84.0 cm³/mol. The van der Waals surface area contributed by atoms with E-state index in [1.54, 1.807) is 11.1 Å². The van der Waals surface area contributed by atoms with Crippen LogP contribution >= 0.6 is 0 Å². The van der Waals surface area contributed by atoms with Gasteiger partial charge in [-0.1, -0.05) is 48.5 Å². The molecule has 1 aliphatic heterocycles. The summed E-state index contributed by atoms with van der Waals surface area (Å²) in [4.78, 5) is 2.62. The average molecular weight is 263 g/mol. The van der Waals surface area contributed by atoms with Gasteiger partial charge in [0, 0.05) is 18.0 Å². The Hall–Kier alpha value is -1.60. The van der Waals surface area contributed by atoms with Crippen molar-refractivity contribution in [2.24, 2.45) is 0 Å². The maximum absolute atomic E-state index is 2.62. The van der Waals surface area contributed by atoms with Crippen LogP contribution in [-0.4, -0.2) is 24.0 Å². The molecule has 0 amide bonds. The topological polar surface area (TPSA) is 3.24 Å². The van der Waals surface area contributed by atoms with E-state index in [2.05, 4.69) is 67.3 Å². The van der Waals surface area contributed by atoms with Crippen molar-refractivity contribution in [3.05, 3.63) is 59.7 Å². The van der Waals surface area contributed by atoms with Gasteiger partial charge in [-0.25, -0.2) is 0 Å². The summed E-state index contributed by atoms with van der Waals surface area (Å²) in [6, 6.07) is 18.7. The molecule has 1 heterocycles. The molecule has 1 saturated heterocycles. The van der Waals surface area contributed by atoms with Gasteiger partial charge in [0.2, 0.25) is 0 Å². The molecule has 2 aliphatic rings. The largest absolute Gasteiger partial charge is 0.300 e. The van der Waals surface area contributed by atoms with Crippen molar-refractivity contribution in [3.63, 3.8) is 0 Å². The number of nitrogens with zero attached hydrogens (tertiary/aromatic N) is 1. The number of hydrogen-bond donors (Lipinski definition) is 0. The predicted octanol–water partition coefficient (Wildman–Crippen LogP) is 4.07. The Morgan fingerprint density at radius 1 is 0.900 bits per heavy atom.